The van der Waals surface area contributed by atoms with Gasteiger partial charge >= 0.3 is 0 Å². The Bertz CT molecular complexity index is 561. The fourth-order valence-corrected chi connectivity index (χ4v) is 2.33. The Labute approximate surface area is 104 Å². The molecule has 1 aromatic heterocycles. The van der Waals surface area contributed by atoms with E-state index in [1.165, 1.54) is 11.8 Å². The lowest BCUT2D eigenvalue weighted by Crippen LogP contribution is -2.12. The van der Waals surface area contributed by atoms with E-state index in [9.17, 15) is 0 Å². The molecule has 88 valence electrons. The van der Waals surface area contributed by atoms with Gasteiger partial charge in [-0.25, -0.2) is 0 Å². The van der Waals surface area contributed by atoms with Crippen molar-refractivity contribution in [2.75, 3.05) is 0 Å². The second kappa shape index (κ2) is 4.58. The zero-order valence-electron chi connectivity index (χ0n) is 9.64. The summed E-state index contributed by atoms with van der Waals surface area (Å²) in [6.07, 6.45) is 1.67. The Kier molecular flexibility index (Phi) is 3.14. The van der Waals surface area contributed by atoms with Gasteiger partial charge in [-0.1, -0.05) is 0 Å². The summed E-state index contributed by atoms with van der Waals surface area (Å²) in [5.74, 6) is 0.0951. The molecule has 0 amide bonds. The fourth-order valence-electron chi connectivity index (χ4n) is 1.47. The molecule has 0 saturated heterocycles. The lowest BCUT2D eigenvalue weighted by molar-refractivity contribution is 0.788. The topological polar surface area (TPSA) is 80.6 Å². The van der Waals surface area contributed by atoms with Crippen LogP contribution >= 0.6 is 11.8 Å². The number of nitrogens with zero attached hydrogens (tertiary/aromatic N) is 3. The third kappa shape index (κ3) is 2.47. The SMILES string of the molecule is Cc1cc(Sc2nncn2C)ccc1C(=N)N. The molecule has 2 rings (SSSR count). The van der Waals surface area contributed by atoms with Crippen LogP contribution in [0, 0.1) is 12.3 Å². The van der Waals surface area contributed by atoms with Crippen molar-refractivity contribution in [2.45, 2.75) is 17.0 Å². The molecule has 0 aliphatic carbocycles. The molecule has 5 nitrogen and oxygen atoms in total. The van der Waals surface area contributed by atoms with Crippen molar-refractivity contribution in [1.82, 2.24) is 14.8 Å². The summed E-state index contributed by atoms with van der Waals surface area (Å²) in [5.41, 5.74) is 7.24. The highest BCUT2D eigenvalue weighted by molar-refractivity contribution is 7.99. The van der Waals surface area contributed by atoms with Gasteiger partial charge in [0.15, 0.2) is 5.16 Å². The summed E-state index contributed by atoms with van der Waals surface area (Å²) in [4.78, 5) is 1.06. The van der Waals surface area contributed by atoms with Crippen molar-refractivity contribution >= 4 is 17.6 Å². The predicted octanol–water partition coefficient (Wildman–Crippen LogP) is 1.56. The molecular weight excluding hydrogens is 234 g/mol. The lowest BCUT2D eigenvalue weighted by atomic mass is 10.1. The molecule has 0 aliphatic rings. The van der Waals surface area contributed by atoms with Crippen LogP contribution < -0.4 is 5.73 Å². The quantitative estimate of drug-likeness (QED) is 0.637. The number of rotatable bonds is 3. The number of benzene rings is 1. The first-order valence-electron chi connectivity index (χ1n) is 5.05. The van der Waals surface area contributed by atoms with Crippen LogP contribution in [-0.2, 0) is 7.05 Å². The van der Waals surface area contributed by atoms with Crippen LogP contribution in [-0.4, -0.2) is 20.6 Å². The van der Waals surface area contributed by atoms with Gasteiger partial charge in [0.1, 0.15) is 12.2 Å². The summed E-state index contributed by atoms with van der Waals surface area (Å²) < 4.78 is 1.86. The van der Waals surface area contributed by atoms with Gasteiger partial charge in [0, 0.05) is 17.5 Å². The minimum absolute atomic E-state index is 0.0951. The summed E-state index contributed by atoms with van der Waals surface area (Å²) in [6.45, 7) is 1.94. The molecule has 0 saturated carbocycles. The van der Waals surface area contributed by atoms with Gasteiger partial charge in [0.25, 0.3) is 0 Å². The van der Waals surface area contributed by atoms with E-state index in [4.69, 9.17) is 11.1 Å². The van der Waals surface area contributed by atoms with Crippen LogP contribution in [0.5, 0.6) is 0 Å². The highest BCUT2D eigenvalue weighted by Crippen LogP contribution is 2.26. The van der Waals surface area contributed by atoms with Crippen LogP contribution in [0.2, 0.25) is 0 Å². The highest BCUT2D eigenvalue weighted by atomic mass is 32.2. The van der Waals surface area contributed by atoms with Crippen molar-refractivity contribution in [1.29, 1.82) is 5.41 Å². The number of hydrogen-bond acceptors (Lipinski definition) is 4. The van der Waals surface area contributed by atoms with Gasteiger partial charge in [-0.3, -0.25) is 5.41 Å². The van der Waals surface area contributed by atoms with Crippen LogP contribution in [0.1, 0.15) is 11.1 Å². The molecule has 3 N–H and O–H groups in total. The second-order valence-corrected chi connectivity index (χ2v) is 4.76. The van der Waals surface area contributed by atoms with E-state index in [1.54, 1.807) is 6.33 Å². The smallest absolute Gasteiger partial charge is 0.195 e. The van der Waals surface area contributed by atoms with E-state index in [-0.39, 0.29) is 5.84 Å². The van der Waals surface area contributed by atoms with Crippen LogP contribution in [0.3, 0.4) is 0 Å². The Hall–Kier alpha value is -1.82. The zero-order chi connectivity index (χ0) is 12.4. The average Bonchev–Trinajstić information content (AvgIpc) is 2.64. The summed E-state index contributed by atoms with van der Waals surface area (Å²) in [5, 5.41) is 16.1. The van der Waals surface area contributed by atoms with E-state index in [2.05, 4.69) is 10.2 Å². The third-order valence-corrected chi connectivity index (χ3v) is 3.41. The van der Waals surface area contributed by atoms with Crippen LogP contribution in [0.4, 0.5) is 0 Å². The molecule has 0 unspecified atom stereocenters. The molecule has 1 heterocycles. The van der Waals surface area contributed by atoms with Crippen molar-refractivity contribution in [3.63, 3.8) is 0 Å². The molecule has 0 atom stereocenters. The molecule has 1 aromatic carbocycles. The first kappa shape index (κ1) is 11.7. The van der Waals surface area contributed by atoms with Crippen molar-refractivity contribution in [3.8, 4) is 0 Å². The molecule has 6 heteroatoms. The summed E-state index contributed by atoms with van der Waals surface area (Å²) in [6, 6.07) is 5.79. The molecule has 17 heavy (non-hydrogen) atoms. The van der Waals surface area contributed by atoms with E-state index in [0.717, 1.165) is 21.2 Å². The van der Waals surface area contributed by atoms with Crippen molar-refractivity contribution < 1.29 is 0 Å². The van der Waals surface area contributed by atoms with E-state index in [1.807, 2.05) is 36.7 Å². The largest absolute Gasteiger partial charge is 0.384 e. The number of amidine groups is 1. The van der Waals surface area contributed by atoms with Gasteiger partial charge in [-0.2, -0.15) is 0 Å². The second-order valence-electron chi connectivity index (χ2n) is 3.72. The zero-order valence-corrected chi connectivity index (χ0v) is 10.5. The van der Waals surface area contributed by atoms with Gasteiger partial charge in [-0.15, -0.1) is 10.2 Å². The summed E-state index contributed by atoms with van der Waals surface area (Å²) >= 11 is 1.53. The molecule has 0 aliphatic heterocycles. The standard InChI is InChI=1S/C11H13N5S/c1-7-5-8(3-4-9(7)10(12)13)17-11-15-14-6-16(11)2/h3-6H,1-2H3,(H3,12,13). The maximum atomic E-state index is 7.42. The minimum atomic E-state index is 0.0951. The highest BCUT2D eigenvalue weighted by Gasteiger charge is 2.06. The number of nitrogen functional groups attached to an aromatic ring is 1. The Morgan fingerprint density at radius 2 is 2.24 bits per heavy atom. The first-order chi connectivity index (χ1) is 8.08. The molecule has 0 fully saturated rings. The number of hydrogen-bond donors (Lipinski definition) is 2. The van der Waals surface area contributed by atoms with E-state index < -0.39 is 0 Å². The number of aromatic nitrogens is 3. The van der Waals surface area contributed by atoms with Crippen molar-refractivity contribution in [2.24, 2.45) is 12.8 Å². The molecule has 0 radical (unpaired) electrons. The maximum Gasteiger partial charge on any atom is 0.195 e. The maximum absolute atomic E-state index is 7.42. The Balaban J connectivity index is 2.27. The first-order valence-corrected chi connectivity index (χ1v) is 5.86. The summed E-state index contributed by atoms with van der Waals surface area (Å²) in [7, 11) is 1.90. The Morgan fingerprint density at radius 1 is 1.47 bits per heavy atom. The molecule has 0 spiro atoms. The van der Waals surface area contributed by atoms with Gasteiger partial charge in [-0.05, 0) is 42.4 Å². The van der Waals surface area contributed by atoms with E-state index >= 15 is 0 Å². The normalized spacial score (nSPS) is 10.5. The van der Waals surface area contributed by atoms with Gasteiger partial charge in [0.2, 0.25) is 0 Å². The minimum Gasteiger partial charge on any atom is -0.384 e. The number of nitrogens with one attached hydrogen (secondary N) is 1. The van der Waals surface area contributed by atoms with Crippen LogP contribution in [0.25, 0.3) is 0 Å². The third-order valence-electron chi connectivity index (χ3n) is 2.37. The van der Waals surface area contributed by atoms with Gasteiger partial charge < -0.3 is 10.3 Å². The van der Waals surface area contributed by atoms with Gasteiger partial charge in [0.05, 0.1) is 0 Å². The number of aryl methyl sites for hydroxylation is 2. The van der Waals surface area contributed by atoms with Crippen molar-refractivity contribution in [3.05, 3.63) is 35.7 Å². The van der Waals surface area contributed by atoms with E-state index in [0.29, 0.717) is 0 Å². The fraction of sp³-hybridized carbons (Fsp3) is 0.182. The molecule has 0 bridgehead atoms. The molecular formula is C11H13N5S. The number of nitrogens with two attached hydrogens (primary N) is 1. The Morgan fingerprint density at radius 3 is 2.76 bits per heavy atom. The predicted molar refractivity (Wildman–Crippen MR) is 67.3 cm³/mol. The lowest BCUT2D eigenvalue weighted by Gasteiger charge is -2.06. The van der Waals surface area contributed by atoms with Crippen LogP contribution in [0.15, 0.2) is 34.6 Å². The molecule has 2 aromatic rings. The average molecular weight is 247 g/mol. The monoisotopic (exact) mass is 247 g/mol.